The van der Waals surface area contributed by atoms with Gasteiger partial charge in [-0.1, -0.05) is 35.9 Å². The van der Waals surface area contributed by atoms with Gasteiger partial charge >= 0.3 is 0 Å². The zero-order valence-electron chi connectivity index (χ0n) is 14.0. The highest BCUT2D eigenvalue weighted by molar-refractivity contribution is 6.30. The monoisotopic (exact) mass is 365 g/mol. The molecule has 2 N–H and O–H groups in total. The molecule has 0 saturated carbocycles. The average Bonchev–Trinajstić information content (AvgIpc) is 3.00. The first-order valence-electron chi connectivity index (χ1n) is 8.03. The van der Waals surface area contributed by atoms with Gasteiger partial charge in [0.2, 0.25) is 0 Å². The van der Waals surface area contributed by atoms with Gasteiger partial charge in [-0.25, -0.2) is 4.98 Å². The zero-order chi connectivity index (χ0) is 18.1. The molecular weight excluding hydrogens is 350 g/mol. The number of nitrogens with zero attached hydrogens (tertiary/aromatic N) is 2. The molecule has 0 atom stereocenters. The average molecular weight is 366 g/mol. The Kier molecular flexibility index (Phi) is 4.14. The van der Waals surface area contributed by atoms with E-state index in [1.165, 1.54) is 0 Å². The van der Waals surface area contributed by atoms with Crippen LogP contribution in [0, 0.1) is 0 Å². The fourth-order valence-electron chi connectivity index (χ4n) is 2.87. The van der Waals surface area contributed by atoms with Crippen molar-refractivity contribution in [1.29, 1.82) is 0 Å². The van der Waals surface area contributed by atoms with Crippen molar-refractivity contribution in [1.82, 2.24) is 9.38 Å². The van der Waals surface area contributed by atoms with Gasteiger partial charge in [-0.15, -0.1) is 0 Å². The smallest absolute Gasteiger partial charge is 0.143 e. The van der Waals surface area contributed by atoms with Crippen molar-refractivity contribution >= 4 is 28.8 Å². The maximum Gasteiger partial charge on any atom is 0.143 e. The van der Waals surface area contributed by atoms with Crippen molar-refractivity contribution in [2.24, 2.45) is 0 Å². The number of benzene rings is 2. The van der Waals surface area contributed by atoms with Crippen LogP contribution in [0.2, 0.25) is 5.02 Å². The molecule has 0 fully saturated rings. The number of rotatable bonds is 4. The van der Waals surface area contributed by atoms with Gasteiger partial charge in [0.05, 0.1) is 17.8 Å². The van der Waals surface area contributed by atoms with E-state index in [9.17, 15) is 5.11 Å². The summed E-state index contributed by atoms with van der Waals surface area (Å²) in [4.78, 5) is 4.71. The van der Waals surface area contributed by atoms with Crippen LogP contribution in [0.15, 0.2) is 66.9 Å². The van der Waals surface area contributed by atoms with E-state index in [1.54, 1.807) is 37.6 Å². The third-order valence-corrected chi connectivity index (χ3v) is 4.29. The third-order valence-electron chi connectivity index (χ3n) is 4.06. The molecule has 0 saturated heterocycles. The van der Waals surface area contributed by atoms with Crippen molar-refractivity contribution < 1.29 is 9.84 Å². The fraction of sp³-hybridized carbons (Fsp3) is 0.0500. The first-order chi connectivity index (χ1) is 12.7. The van der Waals surface area contributed by atoms with E-state index in [1.807, 2.05) is 40.8 Å². The number of hydrogen-bond acceptors (Lipinski definition) is 4. The van der Waals surface area contributed by atoms with E-state index in [0.717, 1.165) is 22.7 Å². The number of fused-ring (bicyclic) bond motifs is 1. The Hall–Kier alpha value is -3.18. The molecule has 0 aliphatic carbocycles. The number of anilines is 2. The highest BCUT2D eigenvalue weighted by atomic mass is 35.5. The number of halogens is 1. The van der Waals surface area contributed by atoms with Crippen LogP contribution in [0.25, 0.3) is 16.9 Å². The van der Waals surface area contributed by atoms with Crippen LogP contribution in [0.1, 0.15) is 0 Å². The van der Waals surface area contributed by atoms with Crippen LogP contribution in [-0.4, -0.2) is 21.6 Å². The molecule has 5 nitrogen and oxygen atoms in total. The molecule has 2 aromatic heterocycles. The lowest BCUT2D eigenvalue weighted by atomic mass is 10.1. The van der Waals surface area contributed by atoms with Crippen molar-refractivity contribution in [3.63, 3.8) is 0 Å². The molecular formula is C20H16ClN3O2. The Bertz CT molecular complexity index is 1090. The molecule has 2 heterocycles. The molecule has 0 aliphatic rings. The Labute approximate surface area is 155 Å². The van der Waals surface area contributed by atoms with E-state index < -0.39 is 0 Å². The van der Waals surface area contributed by atoms with Crippen molar-refractivity contribution in [2.45, 2.75) is 0 Å². The number of imidazole rings is 1. The summed E-state index contributed by atoms with van der Waals surface area (Å²) in [6.45, 7) is 0. The Morgan fingerprint density at radius 2 is 1.92 bits per heavy atom. The first kappa shape index (κ1) is 16.3. The van der Waals surface area contributed by atoms with E-state index in [-0.39, 0.29) is 5.75 Å². The maximum atomic E-state index is 9.86. The largest absolute Gasteiger partial charge is 0.508 e. The molecule has 6 heteroatoms. The van der Waals surface area contributed by atoms with Gasteiger partial charge in [-0.05, 0) is 36.4 Å². The quantitative estimate of drug-likeness (QED) is 0.527. The highest BCUT2D eigenvalue weighted by Gasteiger charge is 2.16. The second-order valence-electron chi connectivity index (χ2n) is 5.76. The number of pyridine rings is 1. The van der Waals surface area contributed by atoms with E-state index in [0.29, 0.717) is 16.5 Å². The number of hydrogen-bond donors (Lipinski definition) is 2. The number of para-hydroxylation sites is 2. The molecule has 4 aromatic rings. The topological polar surface area (TPSA) is 58.8 Å². The standard InChI is InChI=1S/C20H16ClN3O2/c1-26-17-8-3-2-7-16(17)22-20-19(13-5-4-6-15(25)11-13)23-18-10-9-14(21)12-24(18)20/h2-12,22,25H,1H3. The Morgan fingerprint density at radius 1 is 1.08 bits per heavy atom. The van der Waals surface area contributed by atoms with Gasteiger partial charge in [-0.2, -0.15) is 0 Å². The van der Waals surface area contributed by atoms with Crippen LogP contribution >= 0.6 is 11.6 Å². The number of nitrogens with one attached hydrogen (secondary N) is 1. The van der Waals surface area contributed by atoms with Crippen LogP contribution in [0.3, 0.4) is 0 Å². The number of methoxy groups -OCH3 is 1. The van der Waals surface area contributed by atoms with Gasteiger partial charge in [-0.3, -0.25) is 4.40 Å². The minimum Gasteiger partial charge on any atom is -0.508 e. The van der Waals surface area contributed by atoms with Crippen LogP contribution in [0.5, 0.6) is 11.5 Å². The van der Waals surface area contributed by atoms with Crippen molar-refractivity contribution in [3.8, 4) is 22.8 Å². The molecule has 0 bridgehead atoms. The number of ether oxygens (including phenoxy) is 1. The molecule has 2 aromatic carbocycles. The molecule has 0 spiro atoms. The lowest BCUT2D eigenvalue weighted by Crippen LogP contribution is -1.99. The van der Waals surface area contributed by atoms with E-state index >= 15 is 0 Å². The number of phenolic OH excluding ortho intramolecular Hbond substituents is 1. The van der Waals surface area contributed by atoms with Crippen molar-refractivity contribution in [2.75, 3.05) is 12.4 Å². The van der Waals surface area contributed by atoms with Crippen LogP contribution in [0.4, 0.5) is 11.5 Å². The normalized spacial score (nSPS) is 10.8. The second kappa shape index (κ2) is 6.61. The zero-order valence-corrected chi connectivity index (χ0v) is 14.7. The summed E-state index contributed by atoms with van der Waals surface area (Å²) in [5.74, 6) is 1.63. The Balaban J connectivity index is 1.93. The number of aromatic nitrogens is 2. The van der Waals surface area contributed by atoms with Crippen molar-refractivity contribution in [3.05, 3.63) is 71.9 Å². The summed E-state index contributed by atoms with van der Waals surface area (Å²) < 4.78 is 7.32. The summed E-state index contributed by atoms with van der Waals surface area (Å²) in [5.41, 5.74) is 3.04. The third kappa shape index (κ3) is 2.93. The molecule has 0 unspecified atom stereocenters. The summed E-state index contributed by atoms with van der Waals surface area (Å²) >= 11 is 6.19. The molecule has 0 radical (unpaired) electrons. The van der Waals surface area contributed by atoms with Crippen LogP contribution in [-0.2, 0) is 0 Å². The fourth-order valence-corrected chi connectivity index (χ4v) is 3.03. The van der Waals surface area contributed by atoms with E-state index in [4.69, 9.17) is 21.3 Å². The predicted octanol–water partition coefficient (Wildman–Crippen LogP) is 5.11. The first-order valence-corrected chi connectivity index (χ1v) is 8.40. The second-order valence-corrected chi connectivity index (χ2v) is 6.20. The number of phenols is 1. The van der Waals surface area contributed by atoms with Gasteiger partial charge < -0.3 is 15.2 Å². The summed E-state index contributed by atoms with van der Waals surface area (Å²) in [6, 6.07) is 18.3. The van der Waals surface area contributed by atoms with Gasteiger partial charge in [0, 0.05) is 11.8 Å². The van der Waals surface area contributed by atoms with Gasteiger partial charge in [0.25, 0.3) is 0 Å². The SMILES string of the molecule is COc1ccccc1Nc1c(-c2cccc(O)c2)nc2ccc(Cl)cn12. The molecule has 0 amide bonds. The van der Waals surface area contributed by atoms with E-state index in [2.05, 4.69) is 5.32 Å². The molecule has 26 heavy (non-hydrogen) atoms. The number of aromatic hydroxyl groups is 1. The summed E-state index contributed by atoms with van der Waals surface area (Å²) in [7, 11) is 1.63. The summed E-state index contributed by atoms with van der Waals surface area (Å²) in [6.07, 6.45) is 1.80. The molecule has 0 aliphatic heterocycles. The highest BCUT2D eigenvalue weighted by Crippen LogP contribution is 2.35. The lowest BCUT2D eigenvalue weighted by Gasteiger charge is -2.12. The van der Waals surface area contributed by atoms with Crippen LogP contribution < -0.4 is 10.1 Å². The molecule has 4 rings (SSSR count). The lowest BCUT2D eigenvalue weighted by molar-refractivity contribution is 0.417. The maximum absolute atomic E-state index is 9.86. The Morgan fingerprint density at radius 3 is 2.73 bits per heavy atom. The minimum absolute atomic E-state index is 0.181. The predicted molar refractivity (Wildman–Crippen MR) is 104 cm³/mol. The summed E-state index contributed by atoms with van der Waals surface area (Å²) in [5, 5.41) is 13.9. The van der Waals surface area contributed by atoms with Gasteiger partial charge in [0.1, 0.15) is 28.7 Å². The minimum atomic E-state index is 0.181. The van der Waals surface area contributed by atoms with Gasteiger partial charge in [0.15, 0.2) is 0 Å². The molecule has 130 valence electrons.